The highest BCUT2D eigenvalue weighted by Gasteiger charge is 2.12. The summed E-state index contributed by atoms with van der Waals surface area (Å²) in [6.07, 6.45) is 0. The van der Waals surface area contributed by atoms with Crippen LogP contribution in [0.5, 0.6) is 5.75 Å². The lowest BCUT2D eigenvalue weighted by atomic mass is 10.1. The Morgan fingerprint density at radius 2 is 2.27 bits per heavy atom. The lowest BCUT2D eigenvalue weighted by Crippen LogP contribution is -1.89. The molecular formula is C10H9BrN2O2. The van der Waals surface area contributed by atoms with Crippen LogP contribution in [-0.4, -0.2) is 12.3 Å². The third-order valence-electron chi connectivity index (χ3n) is 1.98. The van der Waals surface area contributed by atoms with Gasteiger partial charge in [0.1, 0.15) is 11.4 Å². The van der Waals surface area contributed by atoms with Gasteiger partial charge in [-0.2, -0.15) is 0 Å². The van der Waals surface area contributed by atoms with Crippen LogP contribution in [0.1, 0.15) is 0 Å². The fourth-order valence-corrected chi connectivity index (χ4v) is 1.86. The van der Waals surface area contributed by atoms with E-state index in [0.717, 1.165) is 10.0 Å². The van der Waals surface area contributed by atoms with E-state index < -0.39 is 0 Å². The molecule has 1 aromatic carbocycles. The van der Waals surface area contributed by atoms with Gasteiger partial charge in [-0.25, -0.2) is 0 Å². The van der Waals surface area contributed by atoms with E-state index in [2.05, 4.69) is 21.1 Å². The number of hydrogen-bond acceptors (Lipinski definition) is 4. The molecule has 0 radical (unpaired) electrons. The summed E-state index contributed by atoms with van der Waals surface area (Å²) in [5.74, 6) is 0.998. The molecule has 0 saturated carbocycles. The zero-order valence-corrected chi connectivity index (χ0v) is 9.61. The van der Waals surface area contributed by atoms with Gasteiger partial charge in [0, 0.05) is 11.6 Å². The molecule has 2 N–H and O–H groups in total. The van der Waals surface area contributed by atoms with Crippen LogP contribution in [0.25, 0.3) is 11.3 Å². The minimum Gasteiger partial charge on any atom is -0.495 e. The first-order chi connectivity index (χ1) is 7.22. The Morgan fingerprint density at radius 3 is 2.87 bits per heavy atom. The second kappa shape index (κ2) is 3.94. The van der Waals surface area contributed by atoms with E-state index >= 15 is 0 Å². The van der Waals surface area contributed by atoms with Gasteiger partial charge < -0.3 is 15.0 Å². The fourth-order valence-electron chi connectivity index (χ4n) is 1.33. The highest BCUT2D eigenvalue weighted by atomic mass is 79.9. The third kappa shape index (κ3) is 1.83. The first kappa shape index (κ1) is 10.0. The Labute approximate surface area is 95.1 Å². The molecule has 78 valence electrons. The van der Waals surface area contributed by atoms with Crippen molar-refractivity contribution in [2.24, 2.45) is 0 Å². The predicted molar refractivity (Wildman–Crippen MR) is 60.6 cm³/mol. The van der Waals surface area contributed by atoms with Gasteiger partial charge in [-0.15, -0.1) is 0 Å². The largest absolute Gasteiger partial charge is 0.495 e. The summed E-state index contributed by atoms with van der Waals surface area (Å²) in [7, 11) is 1.60. The van der Waals surface area contributed by atoms with Crippen LogP contribution in [-0.2, 0) is 0 Å². The lowest BCUT2D eigenvalue weighted by Gasteiger charge is -2.07. The number of ether oxygens (including phenoxy) is 1. The molecule has 1 heterocycles. The van der Waals surface area contributed by atoms with E-state index in [1.54, 1.807) is 13.2 Å². The molecule has 0 aliphatic heterocycles. The topological polar surface area (TPSA) is 61.3 Å². The van der Waals surface area contributed by atoms with E-state index in [-0.39, 0.29) is 5.88 Å². The summed E-state index contributed by atoms with van der Waals surface area (Å²) in [6, 6.07) is 7.34. The molecule has 2 aromatic rings. The maximum Gasteiger partial charge on any atom is 0.222 e. The second-order valence-electron chi connectivity index (χ2n) is 2.94. The molecule has 0 aliphatic rings. The molecule has 15 heavy (non-hydrogen) atoms. The SMILES string of the molecule is COc1c(Br)cccc1-c1cc(N)on1. The average molecular weight is 269 g/mol. The van der Waals surface area contributed by atoms with Gasteiger partial charge in [0.25, 0.3) is 0 Å². The van der Waals surface area contributed by atoms with Crippen molar-refractivity contribution in [1.82, 2.24) is 5.16 Å². The number of nitrogens with zero attached hydrogens (tertiary/aromatic N) is 1. The summed E-state index contributed by atoms with van der Waals surface area (Å²) < 4.78 is 11.0. The zero-order valence-electron chi connectivity index (χ0n) is 8.03. The molecule has 2 rings (SSSR count). The molecular weight excluding hydrogens is 260 g/mol. The number of benzene rings is 1. The summed E-state index contributed by atoms with van der Waals surface area (Å²) >= 11 is 3.40. The molecule has 1 aromatic heterocycles. The molecule has 4 nitrogen and oxygen atoms in total. The normalized spacial score (nSPS) is 10.3. The van der Waals surface area contributed by atoms with Crippen LogP contribution in [0, 0.1) is 0 Å². The Bertz CT molecular complexity index is 482. The second-order valence-corrected chi connectivity index (χ2v) is 3.79. The van der Waals surface area contributed by atoms with Crippen LogP contribution in [0.3, 0.4) is 0 Å². The third-order valence-corrected chi connectivity index (χ3v) is 2.60. The predicted octanol–water partition coefficient (Wildman–Crippen LogP) is 2.69. The minimum atomic E-state index is 0.284. The molecule has 0 bridgehead atoms. The molecule has 0 saturated heterocycles. The summed E-state index contributed by atoms with van der Waals surface area (Å²) in [5, 5.41) is 3.83. The van der Waals surface area contributed by atoms with Crippen LogP contribution in [0.2, 0.25) is 0 Å². The van der Waals surface area contributed by atoms with Gasteiger partial charge in [0.15, 0.2) is 0 Å². The van der Waals surface area contributed by atoms with Gasteiger partial charge in [-0.3, -0.25) is 0 Å². The number of hydrogen-bond donors (Lipinski definition) is 1. The fraction of sp³-hybridized carbons (Fsp3) is 0.100. The molecule has 0 unspecified atom stereocenters. The number of anilines is 1. The van der Waals surface area contributed by atoms with E-state index in [1.807, 2.05) is 18.2 Å². The van der Waals surface area contributed by atoms with Crippen molar-refractivity contribution in [3.63, 3.8) is 0 Å². The monoisotopic (exact) mass is 268 g/mol. The Hall–Kier alpha value is -1.49. The summed E-state index contributed by atoms with van der Waals surface area (Å²) in [6.45, 7) is 0. The molecule has 5 heteroatoms. The lowest BCUT2D eigenvalue weighted by molar-refractivity contribution is 0.411. The zero-order chi connectivity index (χ0) is 10.8. The highest BCUT2D eigenvalue weighted by molar-refractivity contribution is 9.10. The smallest absolute Gasteiger partial charge is 0.222 e. The van der Waals surface area contributed by atoms with Crippen molar-refractivity contribution in [3.8, 4) is 17.0 Å². The van der Waals surface area contributed by atoms with Crippen molar-refractivity contribution in [2.75, 3.05) is 12.8 Å². The maximum atomic E-state index is 5.46. The molecule has 0 aliphatic carbocycles. The number of rotatable bonds is 2. The van der Waals surface area contributed by atoms with Crippen molar-refractivity contribution in [3.05, 3.63) is 28.7 Å². The Morgan fingerprint density at radius 1 is 1.47 bits per heavy atom. The molecule has 0 atom stereocenters. The standard InChI is InChI=1S/C10H9BrN2O2/c1-14-10-6(3-2-4-7(10)11)8-5-9(12)15-13-8/h2-5H,12H2,1H3. The Kier molecular flexibility index (Phi) is 2.64. The van der Waals surface area contributed by atoms with E-state index in [0.29, 0.717) is 11.4 Å². The van der Waals surface area contributed by atoms with Gasteiger partial charge in [0.2, 0.25) is 5.88 Å². The number of halogens is 1. The van der Waals surface area contributed by atoms with Crippen LogP contribution < -0.4 is 10.5 Å². The number of nitrogen functional groups attached to an aromatic ring is 1. The molecule has 0 spiro atoms. The van der Waals surface area contributed by atoms with Gasteiger partial charge in [0.05, 0.1) is 11.6 Å². The van der Waals surface area contributed by atoms with E-state index in [1.165, 1.54) is 0 Å². The van der Waals surface area contributed by atoms with Gasteiger partial charge in [-0.1, -0.05) is 11.2 Å². The Balaban J connectivity index is 2.57. The van der Waals surface area contributed by atoms with Gasteiger partial charge in [-0.05, 0) is 28.1 Å². The number of nitrogens with two attached hydrogens (primary N) is 1. The van der Waals surface area contributed by atoms with Crippen molar-refractivity contribution in [2.45, 2.75) is 0 Å². The number of methoxy groups -OCH3 is 1. The van der Waals surface area contributed by atoms with Gasteiger partial charge >= 0.3 is 0 Å². The van der Waals surface area contributed by atoms with Crippen LogP contribution >= 0.6 is 15.9 Å². The minimum absolute atomic E-state index is 0.284. The highest BCUT2D eigenvalue weighted by Crippen LogP contribution is 2.35. The van der Waals surface area contributed by atoms with E-state index in [9.17, 15) is 0 Å². The van der Waals surface area contributed by atoms with Crippen LogP contribution in [0.4, 0.5) is 5.88 Å². The van der Waals surface area contributed by atoms with E-state index in [4.69, 9.17) is 15.0 Å². The van der Waals surface area contributed by atoms with Crippen molar-refractivity contribution in [1.29, 1.82) is 0 Å². The summed E-state index contributed by atoms with van der Waals surface area (Å²) in [4.78, 5) is 0. The first-order valence-electron chi connectivity index (χ1n) is 4.27. The van der Waals surface area contributed by atoms with Crippen LogP contribution in [0.15, 0.2) is 33.3 Å². The average Bonchev–Trinajstić information content (AvgIpc) is 2.64. The summed E-state index contributed by atoms with van der Waals surface area (Å²) in [5.41, 5.74) is 6.96. The number of para-hydroxylation sites is 1. The molecule has 0 fully saturated rings. The quantitative estimate of drug-likeness (QED) is 0.910. The number of aromatic nitrogens is 1. The first-order valence-corrected chi connectivity index (χ1v) is 5.06. The van der Waals surface area contributed by atoms with Crippen molar-refractivity contribution < 1.29 is 9.26 Å². The molecule has 0 amide bonds. The van der Waals surface area contributed by atoms with Crippen molar-refractivity contribution >= 4 is 21.8 Å². The maximum absolute atomic E-state index is 5.46.